The summed E-state index contributed by atoms with van der Waals surface area (Å²) in [7, 11) is 0. The van der Waals surface area contributed by atoms with Gasteiger partial charge in [-0.1, -0.05) is 75.2 Å². The van der Waals surface area contributed by atoms with E-state index in [0.717, 1.165) is 11.1 Å². The number of hydrogen-bond acceptors (Lipinski definition) is 4. The molecule has 4 nitrogen and oxygen atoms in total. The van der Waals surface area contributed by atoms with E-state index >= 15 is 0 Å². The highest BCUT2D eigenvalue weighted by Crippen LogP contribution is 2.44. The Labute approximate surface area is 186 Å². The molecule has 3 rings (SSSR count). The van der Waals surface area contributed by atoms with Gasteiger partial charge in [0, 0.05) is 34.1 Å². The standard InChI is InChI=1S/C24H24Cl2O4/c1-23(2,15-9-17(25)21(29)11-19(15)27)13-5-7-14(8-6-13)24(3,4)16-10-18(26)22(30)12-20(16)28/h5-12,27-30H,1-4H3. The monoisotopic (exact) mass is 446 g/mol. The van der Waals surface area contributed by atoms with Gasteiger partial charge in [0.05, 0.1) is 10.0 Å². The van der Waals surface area contributed by atoms with Crippen LogP contribution >= 0.6 is 23.2 Å². The van der Waals surface area contributed by atoms with Crippen molar-refractivity contribution < 1.29 is 20.4 Å². The van der Waals surface area contributed by atoms with Crippen LogP contribution in [-0.2, 0) is 10.8 Å². The first-order valence-electron chi connectivity index (χ1n) is 9.40. The molecule has 0 fully saturated rings. The lowest BCUT2D eigenvalue weighted by molar-refractivity contribution is 0.434. The first-order valence-corrected chi connectivity index (χ1v) is 10.2. The van der Waals surface area contributed by atoms with Crippen molar-refractivity contribution in [2.24, 2.45) is 0 Å². The predicted molar refractivity (Wildman–Crippen MR) is 120 cm³/mol. The molecule has 0 atom stereocenters. The van der Waals surface area contributed by atoms with E-state index in [4.69, 9.17) is 23.2 Å². The summed E-state index contributed by atoms with van der Waals surface area (Å²) in [6, 6.07) is 13.4. The molecule has 0 heterocycles. The maximum atomic E-state index is 10.3. The van der Waals surface area contributed by atoms with E-state index in [1.807, 2.05) is 52.0 Å². The summed E-state index contributed by atoms with van der Waals surface area (Å²) >= 11 is 12.1. The van der Waals surface area contributed by atoms with Crippen LogP contribution in [0.15, 0.2) is 48.5 Å². The van der Waals surface area contributed by atoms with Gasteiger partial charge in [-0.05, 0) is 23.3 Å². The van der Waals surface area contributed by atoms with Crippen molar-refractivity contribution in [3.8, 4) is 23.0 Å². The first kappa shape index (κ1) is 22.1. The van der Waals surface area contributed by atoms with Crippen molar-refractivity contribution in [1.82, 2.24) is 0 Å². The lowest BCUT2D eigenvalue weighted by Gasteiger charge is -2.30. The summed E-state index contributed by atoms with van der Waals surface area (Å²) in [6.45, 7) is 7.84. The predicted octanol–water partition coefficient (Wildman–Crippen LogP) is 6.47. The summed E-state index contributed by atoms with van der Waals surface area (Å²) in [4.78, 5) is 0. The van der Waals surface area contributed by atoms with Crippen molar-refractivity contribution in [2.45, 2.75) is 38.5 Å². The van der Waals surface area contributed by atoms with E-state index in [0.29, 0.717) is 11.1 Å². The number of hydrogen-bond donors (Lipinski definition) is 4. The molecule has 158 valence electrons. The molecular weight excluding hydrogens is 423 g/mol. The third kappa shape index (κ3) is 3.78. The van der Waals surface area contributed by atoms with Gasteiger partial charge in [0.25, 0.3) is 0 Å². The molecule has 0 unspecified atom stereocenters. The summed E-state index contributed by atoms with van der Waals surface area (Å²) in [5, 5.41) is 40.5. The molecule has 0 aliphatic heterocycles. The maximum Gasteiger partial charge on any atom is 0.137 e. The van der Waals surface area contributed by atoms with Gasteiger partial charge < -0.3 is 20.4 Å². The Hall–Kier alpha value is -2.56. The molecule has 0 saturated carbocycles. The maximum absolute atomic E-state index is 10.3. The fourth-order valence-corrected chi connectivity index (χ4v) is 4.04. The minimum atomic E-state index is -0.575. The van der Waals surface area contributed by atoms with Crippen LogP contribution in [-0.4, -0.2) is 20.4 Å². The number of halogens is 2. The number of benzene rings is 3. The Kier molecular flexibility index (Phi) is 5.61. The van der Waals surface area contributed by atoms with Gasteiger partial charge in [0.15, 0.2) is 0 Å². The van der Waals surface area contributed by atoms with Crippen molar-refractivity contribution in [1.29, 1.82) is 0 Å². The van der Waals surface area contributed by atoms with Gasteiger partial charge in [-0.15, -0.1) is 0 Å². The zero-order chi connectivity index (χ0) is 22.4. The summed E-state index contributed by atoms with van der Waals surface area (Å²) < 4.78 is 0. The van der Waals surface area contributed by atoms with Crippen LogP contribution in [0.25, 0.3) is 0 Å². The average molecular weight is 447 g/mol. The van der Waals surface area contributed by atoms with E-state index in [1.54, 1.807) is 12.1 Å². The Morgan fingerprint density at radius 2 is 0.833 bits per heavy atom. The number of rotatable bonds is 4. The molecule has 0 amide bonds. The van der Waals surface area contributed by atoms with Crippen LogP contribution in [0.3, 0.4) is 0 Å². The molecule has 0 saturated heterocycles. The summed E-state index contributed by atoms with van der Waals surface area (Å²) in [6.07, 6.45) is 0. The molecule has 0 spiro atoms. The van der Waals surface area contributed by atoms with Crippen LogP contribution < -0.4 is 0 Å². The van der Waals surface area contributed by atoms with Gasteiger partial charge >= 0.3 is 0 Å². The van der Waals surface area contributed by atoms with E-state index in [9.17, 15) is 20.4 Å². The average Bonchev–Trinajstić information content (AvgIpc) is 2.67. The minimum Gasteiger partial charge on any atom is -0.507 e. The van der Waals surface area contributed by atoms with Gasteiger partial charge in [-0.2, -0.15) is 0 Å². The Balaban J connectivity index is 2.02. The molecule has 0 aliphatic carbocycles. The minimum absolute atomic E-state index is 0.0324. The Morgan fingerprint density at radius 1 is 0.533 bits per heavy atom. The van der Waals surface area contributed by atoms with Crippen LogP contribution in [0.4, 0.5) is 0 Å². The molecule has 3 aromatic carbocycles. The van der Waals surface area contributed by atoms with E-state index in [1.165, 1.54) is 12.1 Å². The summed E-state index contributed by atoms with van der Waals surface area (Å²) in [5.41, 5.74) is 1.92. The van der Waals surface area contributed by atoms with E-state index < -0.39 is 10.8 Å². The fourth-order valence-electron chi connectivity index (χ4n) is 3.72. The topological polar surface area (TPSA) is 80.9 Å². The molecular formula is C24H24Cl2O4. The second-order valence-electron chi connectivity index (χ2n) is 8.47. The number of aromatic hydroxyl groups is 4. The van der Waals surface area contributed by atoms with Crippen LogP contribution in [0.5, 0.6) is 23.0 Å². The van der Waals surface area contributed by atoms with Crippen molar-refractivity contribution >= 4 is 23.2 Å². The van der Waals surface area contributed by atoms with Gasteiger partial charge in [-0.25, -0.2) is 0 Å². The van der Waals surface area contributed by atoms with Crippen LogP contribution in [0.2, 0.25) is 10.0 Å². The molecule has 0 aliphatic rings. The second-order valence-corrected chi connectivity index (χ2v) is 9.28. The molecule has 0 radical (unpaired) electrons. The van der Waals surface area contributed by atoms with Crippen molar-refractivity contribution in [3.63, 3.8) is 0 Å². The molecule has 4 N–H and O–H groups in total. The quantitative estimate of drug-likeness (QED) is 0.370. The zero-order valence-electron chi connectivity index (χ0n) is 17.2. The first-order chi connectivity index (χ1) is 13.9. The highest BCUT2D eigenvalue weighted by atomic mass is 35.5. The highest BCUT2D eigenvalue weighted by Gasteiger charge is 2.30. The number of phenolic OH excluding ortho intramolecular Hbond substituents is 4. The van der Waals surface area contributed by atoms with Gasteiger partial charge in [0.1, 0.15) is 23.0 Å². The normalized spacial score (nSPS) is 12.2. The largest absolute Gasteiger partial charge is 0.507 e. The van der Waals surface area contributed by atoms with Crippen molar-refractivity contribution in [2.75, 3.05) is 0 Å². The van der Waals surface area contributed by atoms with Gasteiger partial charge in [-0.3, -0.25) is 0 Å². The third-order valence-electron chi connectivity index (χ3n) is 5.81. The number of phenols is 4. The lowest BCUT2D eigenvalue weighted by Crippen LogP contribution is -2.22. The van der Waals surface area contributed by atoms with E-state index in [2.05, 4.69) is 0 Å². The van der Waals surface area contributed by atoms with E-state index in [-0.39, 0.29) is 33.0 Å². The molecule has 0 aromatic heterocycles. The van der Waals surface area contributed by atoms with Gasteiger partial charge in [0.2, 0.25) is 0 Å². The summed E-state index contributed by atoms with van der Waals surface area (Å²) in [5.74, 6) is -0.402. The molecule has 30 heavy (non-hydrogen) atoms. The lowest BCUT2D eigenvalue weighted by atomic mass is 9.74. The van der Waals surface area contributed by atoms with Crippen LogP contribution in [0.1, 0.15) is 49.9 Å². The zero-order valence-corrected chi connectivity index (χ0v) is 18.7. The van der Waals surface area contributed by atoms with Crippen LogP contribution in [0, 0.1) is 0 Å². The Bertz CT molecular complexity index is 1010. The highest BCUT2D eigenvalue weighted by molar-refractivity contribution is 6.32. The fraction of sp³-hybridized carbons (Fsp3) is 0.250. The molecule has 6 heteroatoms. The Morgan fingerprint density at radius 3 is 1.13 bits per heavy atom. The molecule has 0 bridgehead atoms. The third-order valence-corrected chi connectivity index (χ3v) is 6.41. The second kappa shape index (κ2) is 7.60. The SMILES string of the molecule is CC(C)(c1ccc(C(C)(C)c2cc(Cl)c(O)cc2O)cc1)c1cc(Cl)c(O)cc1O. The molecule has 3 aromatic rings. The smallest absolute Gasteiger partial charge is 0.137 e. The van der Waals surface area contributed by atoms with Crippen molar-refractivity contribution in [3.05, 3.63) is 80.8 Å².